The SMILES string of the molecule is NCc1ccc(/C=C/c2ccc(OCCOCCOCCOCCF)cc2)cc1. The van der Waals surface area contributed by atoms with Crippen molar-refractivity contribution in [1.82, 2.24) is 0 Å². The molecule has 2 aromatic rings. The van der Waals surface area contributed by atoms with Crippen LogP contribution in [0.1, 0.15) is 16.7 Å². The van der Waals surface area contributed by atoms with Gasteiger partial charge >= 0.3 is 0 Å². The minimum absolute atomic E-state index is 0.123. The lowest BCUT2D eigenvalue weighted by Gasteiger charge is -2.08. The highest BCUT2D eigenvalue weighted by atomic mass is 19.1. The third-order valence-corrected chi connectivity index (χ3v) is 4.03. The molecule has 0 saturated heterocycles. The fraction of sp³-hybridized carbons (Fsp3) is 0.391. The molecule has 6 heteroatoms. The lowest BCUT2D eigenvalue weighted by molar-refractivity contribution is 0.00750. The van der Waals surface area contributed by atoms with Gasteiger partial charge in [-0.3, -0.25) is 0 Å². The van der Waals surface area contributed by atoms with Gasteiger partial charge in [-0.1, -0.05) is 48.6 Å². The van der Waals surface area contributed by atoms with E-state index in [4.69, 9.17) is 24.7 Å². The number of alkyl halides is 1. The zero-order valence-electron chi connectivity index (χ0n) is 16.7. The van der Waals surface area contributed by atoms with Crippen molar-refractivity contribution in [2.45, 2.75) is 6.54 Å². The second-order valence-electron chi connectivity index (χ2n) is 6.22. The van der Waals surface area contributed by atoms with Gasteiger partial charge in [0.15, 0.2) is 0 Å². The van der Waals surface area contributed by atoms with E-state index in [0.29, 0.717) is 46.2 Å². The first kappa shape index (κ1) is 23.0. The molecule has 158 valence electrons. The maximum Gasteiger partial charge on any atom is 0.119 e. The number of nitrogens with two attached hydrogens (primary N) is 1. The predicted molar refractivity (Wildman–Crippen MR) is 114 cm³/mol. The van der Waals surface area contributed by atoms with E-state index in [1.165, 1.54) is 0 Å². The molecule has 0 aliphatic heterocycles. The summed E-state index contributed by atoms with van der Waals surface area (Å²) in [5, 5.41) is 0. The minimum atomic E-state index is -0.466. The Morgan fingerprint density at radius 1 is 0.655 bits per heavy atom. The molecule has 29 heavy (non-hydrogen) atoms. The topological polar surface area (TPSA) is 62.9 Å². The van der Waals surface area contributed by atoms with Crippen LogP contribution in [0.15, 0.2) is 48.5 Å². The Morgan fingerprint density at radius 3 is 1.66 bits per heavy atom. The third-order valence-electron chi connectivity index (χ3n) is 4.03. The van der Waals surface area contributed by atoms with Crippen molar-refractivity contribution in [2.24, 2.45) is 5.73 Å². The van der Waals surface area contributed by atoms with Crippen molar-refractivity contribution in [3.05, 3.63) is 65.2 Å². The Bertz CT molecular complexity index is 689. The van der Waals surface area contributed by atoms with Crippen LogP contribution in [0, 0.1) is 0 Å². The smallest absolute Gasteiger partial charge is 0.119 e. The van der Waals surface area contributed by atoms with Gasteiger partial charge in [-0.15, -0.1) is 0 Å². The van der Waals surface area contributed by atoms with Crippen molar-refractivity contribution in [3.63, 3.8) is 0 Å². The maximum atomic E-state index is 11.8. The van der Waals surface area contributed by atoms with Crippen molar-refractivity contribution in [1.29, 1.82) is 0 Å². The fourth-order valence-corrected chi connectivity index (χ4v) is 2.45. The van der Waals surface area contributed by atoms with E-state index in [1.54, 1.807) is 0 Å². The standard InChI is InChI=1S/C23H30FNO4/c24-11-12-26-13-14-27-15-16-28-17-18-29-23-9-7-21(8-10-23)2-1-20-3-5-22(19-25)6-4-20/h1-10H,11-19,25H2/b2-1+. The molecule has 0 aliphatic rings. The molecule has 0 unspecified atom stereocenters. The summed E-state index contributed by atoms with van der Waals surface area (Å²) in [6.07, 6.45) is 4.13. The van der Waals surface area contributed by atoms with E-state index in [0.717, 1.165) is 22.4 Å². The molecular weight excluding hydrogens is 373 g/mol. The van der Waals surface area contributed by atoms with E-state index >= 15 is 0 Å². The highest BCUT2D eigenvalue weighted by Gasteiger charge is 1.96. The maximum absolute atomic E-state index is 11.8. The van der Waals surface area contributed by atoms with Crippen LogP contribution in [0.5, 0.6) is 5.75 Å². The van der Waals surface area contributed by atoms with Crippen LogP contribution in [-0.4, -0.2) is 52.9 Å². The van der Waals surface area contributed by atoms with Crippen LogP contribution in [0.25, 0.3) is 12.2 Å². The minimum Gasteiger partial charge on any atom is -0.491 e. The van der Waals surface area contributed by atoms with Gasteiger partial charge in [-0.05, 0) is 28.8 Å². The van der Waals surface area contributed by atoms with E-state index < -0.39 is 6.67 Å². The normalized spacial score (nSPS) is 11.2. The Kier molecular flexibility index (Phi) is 11.7. The Balaban J connectivity index is 1.56. The Hall–Kier alpha value is -2.25. The largest absolute Gasteiger partial charge is 0.491 e. The molecule has 0 radical (unpaired) electrons. The van der Waals surface area contributed by atoms with Gasteiger partial charge in [-0.2, -0.15) is 0 Å². The second kappa shape index (κ2) is 14.7. The molecule has 2 rings (SSSR count). The number of hydrogen-bond donors (Lipinski definition) is 1. The summed E-state index contributed by atoms with van der Waals surface area (Å²) in [4.78, 5) is 0. The highest BCUT2D eigenvalue weighted by molar-refractivity contribution is 5.69. The van der Waals surface area contributed by atoms with Crippen molar-refractivity contribution in [2.75, 3.05) is 52.9 Å². The summed E-state index contributed by atoms with van der Waals surface area (Å²) in [7, 11) is 0. The second-order valence-corrected chi connectivity index (χ2v) is 6.22. The first-order chi connectivity index (χ1) is 14.3. The first-order valence-corrected chi connectivity index (χ1v) is 9.81. The van der Waals surface area contributed by atoms with Crippen LogP contribution in [0.2, 0.25) is 0 Å². The van der Waals surface area contributed by atoms with E-state index in [2.05, 4.69) is 24.3 Å². The summed E-state index contributed by atoms with van der Waals surface area (Å²) < 4.78 is 33.2. The molecule has 0 heterocycles. The van der Waals surface area contributed by atoms with Crippen molar-refractivity contribution >= 4 is 12.2 Å². The molecule has 0 fully saturated rings. The first-order valence-electron chi connectivity index (χ1n) is 9.81. The molecular formula is C23H30FNO4. The Morgan fingerprint density at radius 2 is 1.14 bits per heavy atom. The quantitative estimate of drug-likeness (QED) is 0.363. The molecule has 2 N–H and O–H groups in total. The van der Waals surface area contributed by atoms with Crippen LogP contribution in [-0.2, 0) is 20.8 Å². The molecule has 0 atom stereocenters. The zero-order chi connectivity index (χ0) is 20.6. The van der Waals surface area contributed by atoms with Crippen LogP contribution in [0.4, 0.5) is 4.39 Å². The molecule has 0 saturated carbocycles. The van der Waals surface area contributed by atoms with E-state index in [9.17, 15) is 4.39 Å². The van der Waals surface area contributed by atoms with Gasteiger partial charge in [0, 0.05) is 6.54 Å². The average Bonchev–Trinajstić information content (AvgIpc) is 2.77. The summed E-state index contributed by atoms with van der Waals surface area (Å²) in [5.41, 5.74) is 8.97. The van der Waals surface area contributed by atoms with Crippen LogP contribution >= 0.6 is 0 Å². The van der Waals surface area contributed by atoms with Gasteiger partial charge in [0.25, 0.3) is 0 Å². The van der Waals surface area contributed by atoms with Gasteiger partial charge < -0.3 is 24.7 Å². The molecule has 0 amide bonds. The molecule has 5 nitrogen and oxygen atoms in total. The monoisotopic (exact) mass is 403 g/mol. The van der Waals surface area contributed by atoms with Crippen LogP contribution < -0.4 is 10.5 Å². The lowest BCUT2D eigenvalue weighted by atomic mass is 10.1. The lowest BCUT2D eigenvalue weighted by Crippen LogP contribution is -2.13. The molecule has 0 spiro atoms. The number of rotatable bonds is 15. The van der Waals surface area contributed by atoms with Gasteiger partial charge in [0.05, 0.1) is 39.6 Å². The summed E-state index contributed by atoms with van der Waals surface area (Å²) >= 11 is 0. The number of halogens is 1. The summed E-state index contributed by atoms with van der Waals surface area (Å²) in [6, 6.07) is 16.1. The summed E-state index contributed by atoms with van der Waals surface area (Å²) in [6.45, 7) is 2.99. The average molecular weight is 403 g/mol. The summed E-state index contributed by atoms with van der Waals surface area (Å²) in [5.74, 6) is 0.805. The van der Waals surface area contributed by atoms with Gasteiger partial charge in [0.1, 0.15) is 19.0 Å². The molecule has 2 aromatic carbocycles. The van der Waals surface area contributed by atoms with Gasteiger partial charge in [-0.25, -0.2) is 4.39 Å². The third kappa shape index (κ3) is 10.2. The predicted octanol–water partition coefficient (Wildman–Crippen LogP) is 3.71. The van der Waals surface area contributed by atoms with Crippen molar-refractivity contribution in [3.8, 4) is 5.75 Å². The molecule has 0 aromatic heterocycles. The van der Waals surface area contributed by atoms with Gasteiger partial charge in [0.2, 0.25) is 0 Å². The molecule has 0 aliphatic carbocycles. The number of ether oxygens (including phenoxy) is 4. The number of hydrogen-bond acceptors (Lipinski definition) is 5. The fourth-order valence-electron chi connectivity index (χ4n) is 2.45. The zero-order valence-corrected chi connectivity index (χ0v) is 16.7. The van der Waals surface area contributed by atoms with Crippen LogP contribution in [0.3, 0.4) is 0 Å². The Labute approximate surface area is 172 Å². The highest BCUT2D eigenvalue weighted by Crippen LogP contribution is 2.15. The number of benzene rings is 2. The van der Waals surface area contributed by atoms with Crippen molar-refractivity contribution < 1.29 is 23.3 Å². The molecule has 0 bridgehead atoms. The van der Waals surface area contributed by atoms with E-state index in [1.807, 2.05) is 36.4 Å². The van der Waals surface area contributed by atoms with E-state index in [-0.39, 0.29) is 6.61 Å².